The lowest BCUT2D eigenvalue weighted by Gasteiger charge is -2.05. The Labute approximate surface area is 127 Å². The van der Waals surface area contributed by atoms with E-state index in [1.165, 1.54) is 0 Å². The standard InChI is InChI=1S/C14H14ClNO4S/c1-2-20-14(17)12-13(21(18,19)9-4-5-9)10-7-8(15)3-6-11(10)16-12/h3,6-7,9,16H,2,4-5H2,1H3. The second-order valence-corrected chi connectivity index (χ2v) is 7.59. The van der Waals surface area contributed by atoms with Gasteiger partial charge in [-0.05, 0) is 38.0 Å². The van der Waals surface area contributed by atoms with Gasteiger partial charge < -0.3 is 9.72 Å². The summed E-state index contributed by atoms with van der Waals surface area (Å²) in [6.45, 7) is 1.85. The van der Waals surface area contributed by atoms with E-state index in [1.54, 1.807) is 25.1 Å². The Bertz CT molecular complexity index is 821. The van der Waals surface area contributed by atoms with Gasteiger partial charge in [0.1, 0.15) is 10.6 Å². The molecule has 1 aliphatic carbocycles. The van der Waals surface area contributed by atoms with Gasteiger partial charge in [-0.15, -0.1) is 0 Å². The predicted octanol–water partition coefficient (Wildman–Crippen LogP) is 2.93. The molecule has 1 N–H and O–H groups in total. The number of benzene rings is 1. The van der Waals surface area contributed by atoms with Crippen molar-refractivity contribution < 1.29 is 17.9 Å². The van der Waals surface area contributed by atoms with Gasteiger partial charge in [0.15, 0.2) is 9.84 Å². The fourth-order valence-electron chi connectivity index (χ4n) is 2.33. The Kier molecular flexibility index (Phi) is 3.45. The maximum Gasteiger partial charge on any atom is 0.356 e. The van der Waals surface area contributed by atoms with Crippen molar-refractivity contribution in [1.82, 2.24) is 4.98 Å². The zero-order valence-corrected chi connectivity index (χ0v) is 12.9. The van der Waals surface area contributed by atoms with Crippen molar-refractivity contribution in [2.24, 2.45) is 0 Å². The number of fused-ring (bicyclic) bond motifs is 1. The highest BCUT2D eigenvalue weighted by Crippen LogP contribution is 2.39. The van der Waals surface area contributed by atoms with Crippen molar-refractivity contribution in [2.75, 3.05) is 6.61 Å². The van der Waals surface area contributed by atoms with E-state index < -0.39 is 21.1 Å². The van der Waals surface area contributed by atoms with Gasteiger partial charge >= 0.3 is 5.97 Å². The molecule has 0 amide bonds. The monoisotopic (exact) mass is 327 g/mol. The Morgan fingerprint density at radius 2 is 2.14 bits per heavy atom. The molecule has 2 aromatic rings. The Morgan fingerprint density at radius 3 is 2.76 bits per heavy atom. The molecule has 1 aromatic carbocycles. The number of carbonyl (C=O) groups excluding carboxylic acids is 1. The minimum absolute atomic E-state index is 0.0129. The first-order valence-electron chi connectivity index (χ1n) is 6.67. The SMILES string of the molecule is CCOC(=O)c1[nH]c2ccc(Cl)cc2c1S(=O)(=O)C1CC1. The summed E-state index contributed by atoms with van der Waals surface area (Å²) in [6.07, 6.45) is 1.25. The number of nitrogens with one attached hydrogen (secondary N) is 1. The molecular weight excluding hydrogens is 314 g/mol. The Hall–Kier alpha value is -1.53. The highest BCUT2D eigenvalue weighted by atomic mass is 35.5. The van der Waals surface area contributed by atoms with Crippen LogP contribution in [-0.4, -0.2) is 31.2 Å². The van der Waals surface area contributed by atoms with E-state index in [2.05, 4.69) is 4.98 Å². The molecule has 0 spiro atoms. The Balaban J connectivity index is 2.29. The number of aromatic nitrogens is 1. The fraction of sp³-hybridized carbons (Fsp3) is 0.357. The second-order valence-electron chi connectivity index (χ2n) is 4.98. The highest BCUT2D eigenvalue weighted by molar-refractivity contribution is 7.92. The van der Waals surface area contributed by atoms with E-state index in [1.807, 2.05) is 0 Å². The molecule has 5 nitrogen and oxygen atoms in total. The third-order valence-electron chi connectivity index (χ3n) is 3.44. The summed E-state index contributed by atoms with van der Waals surface area (Å²) in [5.41, 5.74) is 0.544. The van der Waals surface area contributed by atoms with Crippen LogP contribution in [0.3, 0.4) is 0 Å². The minimum atomic E-state index is -3.55. The van der Waals surface area contributed by atoms with E-state index in [-0.39, 0.29) is 17.2 Å². The van der Waals surface area contributed by atoms with Crippen LogP contribution in [0.25, 0.3) is 10.9 Å². The first kappa shape index (κ1) is 14.4. The molecule has 1 aliphatic rings. The van der Waals surface area contributed by atoms with Crippen molar-refractivity contribution in [2.45, 2.75) is 29.9 Å². The number of sulfone groups is 1. The second kappa shape index (κ2) is 5.03. The summed E-state index contributed by atoms with van der Waals surface area (Å²) in [5, 5.41) is 0.449. The smallest absolute Gasteiger partial charge is 0.356 e. The molecule has 3 rings (SSSR count). The molecule has 0 unspecified atom stereocenters. The van der Waals surface area contributed by atoms with Crippen LogP contribution >= 0.6 is 11.6 Å². The Morgan fingerprint density at radius 1 is 1.43 bits per heavy atom. The van der Waals surface area contributed by atoms with Crippen LogP contribution in [-0.2, 0) is 14.6 Å². The van der Waals surface area contributed by atoms with Crippen molar-refractivity contribution in [3.8, 4) is 0 Å². The zero-order chi connectivity index (χ0) is 15.2. The van der Waals surface area contributed by atoms with Gasteiger partial charge in [-0.25, -0.2) is 13.2 Å². The predicted molar refractivity (Wildman–Crippen MR) is 79.5 cm³/mol. The van der Waals surface area contributed by atoms with E-state index in [9.17, 15) is 13.2 Å². The molecule has 1 aromatic heterocycles. The first-order chi connectivity index (χ1) is 9.95. The van der Waals surface area contributed by atoms with Crippen LogP contribution in [0, 0.1) is 0 Å². The van der Waals surface area contributed by atoms with Crippen molar-refractivity contribution in [3.63, 3.8) is 0 Å². The third-order valence-corrected chi connectivity index (χ3v) is 6.02. The van der Waals surface area contributed by atoms with E-state index >= 15 is 0 Å². The largest absolute Gasteiger partial charge is 0.461 e. The van der Waals surface area contributed by atoms with Crippen molar-refractivity contribution in [3.05, 3.63) is 28.9 Å². The van der Waals surface area contributed by atoms with Crippen molar-refractivity contribution >= 4 is 38.3 Å². The lowest BCUT2D eigenvalue weighted by molar-refractivity contribution is 0.0516. The minimum Gasteiger partial charge on any atom is -0.461 e. The average Bonchev–Trinajstić information content (AvgIpc) is 3.20. The number of hydrogen-bond donors (Lipinski definition) is 1. The number of ether oxygens (including phenoxy) is 1. The van der Waals surface area contributed by atoms with Crippen LogP contribution in [0.15, 0.2) is 23.1 Å². The number of rotatable bonds is 4. The molecular formula is C14H14ClNO4S. The van der Waals surface area contributed by atoms with Crippen LogP contribution < -0.4 is 0 Å². The number of H-pyrrole nitrogens is 1. The molecule has 21 heavy (non-hydrogen) atoms. The summed E-state index contributed by atoms with van der Waals surface area (Å²) in [4.78, 5) is 14.9. The molecule has 1 saturated carbocycles. The maximum absolute atomic E-state index is 12.6. The van der Waals surface area contributed by atoms with Crippen LogP contribution in [0.5, 0.6) is 0 Å². The summed E-state index contributed by atoms with van der Waals surface area (Å²) < 4.78 is 30.2. The molecule has 1 heterocycles. The van der Waals surface area contributed by atoms with Gasteiger partial charge in [0.05, 0.1) is 11.9 Å². The molecule has 7 heteroatoms. The van der Waals surface area contributed by atoms with E-state index in [0.717, 1.165) is 0 Å². The van der Waals surface area contributed by atoms with Gasteiger partial charge in [0.25, 0.3) is 0 Å². The summed E-state index contributed by atoms with van der Waals surface area (Å²) in [6, 6.07) is 4.86. The quantitative estimate of drug-likeness (QED) is 0.876. The maximum atomic E-state index is 12.6. The molecule has 1 fully saturated rings. The molecule has 0 atom stereocenters. The third kappa shape index (κ3) is 2.42. The van der Waals surface area contributed by atoms with Gasteiger partial charge in [-0.2, -0.15) is 0 Å². The van der Waals surface area contributed by atoms with Crippen LogP contribution in [0.2, 0.25) is 5.02 Å². The van der Waals surface area contributed by atoms with Gasteiger partial charge in [-0.1, -0.05) is 11.6 Å². The molecule has 0 saturated heterocycles. The number of esters is 1. The van der Waals surface area contributed by atoms with Crippen LogP contribution in [0.1, 0.15) is 30.3 Å². The zero-order valence-electron chi connectivity index (χ0n) is 11.3. The fourth-order valence-corrected chi connectivity index (χ4v) is 4.48. The summed E-state index contributed by atoms with van der Waals surface area (Å²) in [5.74, 6) is -0.663. The topological polar surface area (TPSA) is 76.2 Å². The van der Waals surface area contributed by atoms with E-state index in [4.69, 9.17) is 16.3 Å². The summed E-state index contributed by atoms with van der Waals surface area (Å²) >= 11 is 5.96. The average molecular weight is 328 g/mol. The van der Waals surface area contributed by atoms with E-state index in [0.29, 0.717) is 28.8 Å². The number of halogens is 1. The van der Waals surface area contributed by atoms with Crippen molar-refractivity contribution in [1.29, 1.82) is 0 Å². The molecule has 112 valence electrons. The first-order valence-corrected chi connectivity index (χ1v) is 8.59. The molecule has 0 aliphatic heterocycles. The number of carbonyl (C=O) groups is 1. The normalized spacial score (nSPS) is 15.3. The lowest BCUT2D eigenvalue weighted by atomic mass is 10.2. The summed E-state index contributed by atoms with van der Waals surface area (Å²) in [7, 11) is -3.55. The highest BCUT2D eigenvalue weighted by Gasteiger charge is 2.41. The molecule has 0 bridgehead atoms. The number of hydrogen-bond acceptors (Lipinski definition) is 4. The molecule has 0 radical (unpaired) electrons. The van der Waals surface area contributed by atoms with Gasteiger partial charge in [0, 0.05) is 15.9 Å². The van der Waals surface area contributed by atoms with Gasteiger partial charge in [-0.3, -0.25) is 0 Å². The van der Waals surface area contributed by atoms with Crippen LogP contribution in [0.4, 0.5) is 0 Å². The number of aromatic amines is 1. The lowest BCUT2D eigenvalue weighted by Crippen LogP contribution is -2.14. The van der Waals surface area contributed by atoms with Gasteiger partial charge in [0.2, 0.25) is 0 Å².